The van der Waals surface area contributed by atoms with Crippen LogP contribution in [0, 0.1) is 0 Å². The normalized spacial score (nSPS) is 15.1. The molecule has 2 amide bonds. The first kappa shape index (κ1) is 26.3. The maximum atomic E-state index is 13.3. The second kappa shape index (κ2) is 11.9. The molecule has 0 saturated heterocycles. The standard InChI is InChI=1S/C28H37BrN2O3/c1-20(27(33)30-23-12-8-9-13-23)31(17-16-21-10-6-5-7-11-21)26(32)19-34-25-15-14-22(18-24(25)29)28(2,3)4/h5-7,10-11,14-15,18,20,23H,8-9,12-13,16-17,19H2,1-4H3,(H,30,33). The highest BCUT2D eigenvalue weighted by Crippen LogP contribution is 2.31. The molecule has 1 fully saturated rings. The highest BCUT2D eigenvalue weighted by Gasteiger charge is 2.28. The van der Waals surface area contributed by atoms with Gasteiger partial charge in [-0.2, -0.15) is 0 Å². The van der Waals surface area contributed by atoms with Gasteiger partial charge in [-0.3, -0.25) is 9.59 Å². The average molecular weight is 530 g/mol. The molecule has 3 rings (SSSR count). The molecule has 1 saturated carbocycles. The average Bonchev–Trinajstić information content (AvgIpc) is 3.31. The van der Waals surface area contributed by atoms with Crippen molar-refractivity contribution in [1.29, 1.82) is 0 Å². The molecule has 2 aromatic rings. The predicted molar refractivity (Wildman–Crippen MR) is 140 cm³/mol. The van der Waals surface area contributed by atoms with Crippen LogP contribution in [0.5, 0.6) is 5.75 Å². The van der Waals surface area contributed by atoms with Gasteiger partial charge in [-0.05, 0) is 70.8 Å². The molecule has 0 radical (unpaired) electrons. The van der Waals surface area contributed by atoms with E-state index >= 15 is 0 Å². The summed E-state index contributed by atoms with van der Waals surface area (Å²) in [5.41, 5.74) is 2.33. The molecule has 184 valence electrons. The molecular formula is C28H37BrN2O3. The Morgan fingerprint density at radius 3 is 2.41 bits per heavy atom. The van der Waals surface area contributed by atoms with E-state index < -0.39 is 6.04 Å². The lowest BCUT2D eigenvalue weighted by molar-refractivity contribution is -0.141. The minimum absolute atomic E-state index is 0.0210. The van der Waals surface area contributed by atoms with Crippen molar-refractivity contribution in [1.82, 2.24) is 10.2 Å². The summed E-state index contributed by atoms with van der Waals surface area (Å²) in [5.74, 6) is 0.327. The predicted octanol–water partition coefficient (Wildman–Crippen LogP) is 5.64. The van der Waals surface area contributed by atoms with Crippen LogP contribution in [-0.2, 0) is 21.4 Å². The zero-order valence-electron chi connectivity index (χ0n) is 20.8. The van der Waals surface area contributed by atoms with Gasteiger partial charge in [0.25, 0.3) is 5.91 Å². The molecule has 0 aromatic heterocycles. The fraction of sp³-hybridized carbons (Fsp3) is 0.500. The molecule has 0 bridgehead atoms. The molecule has 1 unspecified atom stereocenters. The van der Waals surface area contributed by atoms with E-state index in [0.29, 0.717) is 18.7 Å². The van der Waals surface area contributed by atoms with Crippen LogP contribution in [0.4, 0.5) is 0 Å². The van der Waals surface area contributed by atoms with Crippen LogP contribution < -0.4 is 10.1 Å². The number of benzene rings is 2. The Kier molecular flexibility index (Phi) is 9.17. The third-order valence-electron chi connectivity index (χ3n) is 6.50. The Bertz CT molecular complexity index is 965. The number of carbonyl (C=O) groups excluding carboxylic acids is 2. The lowest BCUT2D eigenvalue weighted by Crippen LogP contribution is -2.51. The number of nitrogens with zero attached hydrogens (tertiary/aromatic N) is 1. The van der Waals surface area contributed by atoms with Gasteiger partial charge in [-0.1, -0.05) is 70.0 Å². The fourth-order valence-corrected chi connectivity index (χ4v) is 4.76. The van der Waals surface area contributed by atoms with E-state index in [-0.39, 0.29) is 29.9 Å². The van der Waals surface area contributed by atoms with Gasteiger partial charge in [0.2, 0.25) is 5.91 Å². The molecule has 6 heteroatoms. The summed E-state index contributed by atoms with van der Waals surface area (Å²) in [6, 6.07) is 15.6. The van der Waals surface area contributed by atoms with E-state index in [1.54, 1.807) is 11.8 Å². The van der Waals surface area contributed by atoms with Crippen molar-refractivity contribution in [2.24, 2.45) is 0 Å². The Morgan fingerprint density at radius 2 is 1.79 bits per heavy atom. The summed E-state index contributed by atoms with van der Waals surface area (Å²) >= 11 is 3.58. The van der Waals surface area contributed by atoms with Crippen LogP contribution >= 0.6 is 15.9 Å². The van der Waals surface area contributed by atoms with E-state index in [2.05, 4.69) is 42.0 Å². The lowest BCUT2D eigenvalue weighted by atomic mass is 9.87. The molecule has 0 spiro atoms. The van der Waals surface area contributed by atoms with E-state index in [9.17, 15) is 9.59 Å². The van der Waals surface area contributed by atoms with Gasteiger partial charge in [-0.15, -0.1) is 0 Å². The smallest absolute Gasteiger partial charge is 0.261 e. The Labute approximate surface area is 212 Å². The van der Waals surface area contributed by atoms with Crippen molar-refractivity contribution in [3.63, 3.8) is 0 Å². The summed E-state index contributed by atoms with van der Waals surface area (Å²) in [7, 11) is 0. The van der Waals surface area contributed by atoms with Crippen molar-refractivity contribution in [3.05, 3.63) is 64.1 Å². The first-order chi connectivity index (χ1) is 16.1. The van der Waals surface area contributed by atoms with E-state index in [0.717, 1.165) is 35.7 Å². The number of hydrogen-bond acceptors (Lipinski definition) is 3. The topological polar surface area (TPSA) is 58.6 Å². The molecule has 1 N–H and O–H groups in total. The molecule has 34 heavy (non-hydrogen) atoms. The monoisotopic (exact) mass is 528 g/mol. The van der Waals surface area contributed by atoms with Gasteiger partial charge in [0, 0.05) is 12.6 Å². The lowest BCUT2D eigenvalue weighted by Gasteiger charge is -2.29. The zero-order chi connectivity index (χ0) is 24.7. The SMILES string of the molecule is CC(C(=O)NC1CCCC1)N(CCc1ccccc1)C(=O)COc1ccc(C(C)(C)C)cc1Br. The molecule has 1 aliphatic rings. The number of nitrogens with one attached hydrogen (secondary N) is 1. The maximum absolute atomic E-state index is 13.3. The van der Waals surface area contributed by atoms with Crippen molar-refractivity contribution in [2.45, 2.75) is 77.3 Å². The van der Waals surface area contributed by atoms with Crippen molar-refractivity contribution >= 4 is 27.7 Å². The van der Waals surface area contributed by atoms with Crippen LogP contribution in [-0.4, -0.2) is 41.9 Å². The third kappa shape index (κ3) is 7.33. The van der Waals surface area contributed by atoms with E-state index in [1.165, 1.54) is 5.56 Å². The van der Waals surface area contributed by atoms with E-state index in [1.807, 2.05) is 48.5 Å². The second-order valence-corrected chi connectivity index (χ2v) is 11.0. The first-order valence-corrected chi connectivity index (χ1v) is 13.0. The van der Waals surface area contributed by atoms with Crippen LogP contribution in [0.25, 0.3) is 0 Å². The molecule has 0 aliphatic heterocycles. The molecule has 5 nitrogen and oxygen atoms in total. The molecule has 2 aromatic carbocycles. The largest absolute Gasteiger partial charge is 0.483 e. The number of rotatable bonds is 9. The molecule has 1 aliphatic carbocycles. The van der Waals surface area contributed by atoms with Crippen LogP contribution in [0.2, 0.25) is 0 Å². The number of carbonyl (C=O) groups is 2. The third-order valence-corrected chi connectivity index (χ3v) is 7.12. The van der Waals surface area contributed by atoms with Crippen molar-refractivity contribution in [2.75, 3.05) is 13.2 Å². The number of halogens is 1. The fourth-order valence-electron chi connectivity index (χ4n) is 4.27. The highest BCUT2D eigenvalue weighted by molar-refractivity contribution is 9.10. The summed E-state index contributed by atoms with van der Waals surface area (Å²) < 4.78 is 6.71. The quantitative estimate of drug-likeness (QED) is 0.457. The molecular weight excluding hydrogens is 492 g/mol. The number of amides is 2. The summed E-state index contributed by atoms with van der Waals surface area (Å²) in [6.07, 6.45) is 4.99. The Morgan fingerprint density at radius 1 is 1.12 bits per heavy atom. The van der Waals surface area contributed by atoms with Gasteiger partial charge in [0.15, 0.2) is 6.61 Å². The minimum Gasteiger partial charge on any atom is -0.483 e. The Hall–Kier alpha value is -2.34. The summed E-state index contributed by atoms with van der Waals surface area (Å²) in [6.45, 7) is 8.60. The minimum atomic E-state index is -0.563. The molecule has 0 heterocycles. The second-order valence-electron chi connectivity index (χ2n) is 10.2. The Balaban J connectivity index is 1.68. The summed E-state index contributed by atoms with van der Waals surface area (Å²) in [5, 5.41) is 3.13. The van der Waals surface area contributed by atoms with E-state index in [4.69, 9.17) is 4.74 Å². The van der Waals surface area contributed by atoms with Gasteiger partial charge in [0.1, 0.15) is 11.8 Å². The number of ether oxygens (including phenoxy) is 1. The van der Waals surface area contributed by atoms with Gasteiger partial charge in [0.05, 0.1) is 4.47 Å². The van der Waals surface area contributed by atoms with Gasteiger partial charge >= 0.3 is 0 Å². The highest BCUT2D eigenvalue weighted by atomic mass is 79.9. The van der Waals surface area contributed by atoms with Crippen molar-refractivity contribution in [3.8, 4) is 5.75 Å². The first-order valence-electron chi connectivity index (χ1n) is 12.2. The molecule has 1 atom stereocenters. The van der Waals surface area contributed by atoms with Gasteiger partial charge < -0.3 is 15.0 Å². The summed E-state index contributed by atoms with van der Waals surface area (Å²) in [4.78, 5) is 27.9. The maximum Gasteiger partial charge on any atom is 0.261 e. The van der Waals surface area contributed by atoms with Crippen LogP contribution in [0.3, 0.4) is 0 Å². The van der Waals surface area contributed by atoms with Crippen molar-refractivity contribution < 1.29 is 14.3 Å². The van der Waals surface area contributed by atoms with Crippen LogP contribution in [0.1, 0.15) is 64.5 Å². The van der Waals surface area contributed by atoms with Crippen LogP contribution in [0.15, 0.2) is 53.0 Å². The van der Waals surface area contributed by atoms with Gasteiger partial charge in [-0.25, -0.2) is 0 Å². The number of hydrogen-bond donors (Lipinski definition) is 1. The zero-order valence-corrected chi connectivity index (χ0v) is 22.4.